The zero-order chi connectivity index (χ0) is 17.9. The van der Waals surface area contributed by atoms with Crippen LogP contribution in [0, 0.1) is 0 Å². The molecule has 25 heavy (non-hydrogen) atoms. The molecule has 3 rings (SSSR count). The fourth-order valence-corrected chi connectivity index (χ4v) is 4.22. The number of rotatable bonds is 6. The minimum Gasteiger partial charge on any atom is -0.357 e. The average molecular weight is 363 g/mol. The van der Waals surface area contributed by atoms with Crippen LogP contribution in [-0.4, -0.2) is 49.4 Å². The Balaban J connectivity index is 1.92. The predicted molar refractivity (Wildman–Crippen MR) is 107 cm³/mol. The van der Waals surface area contributed by atoms with E-state index in [1.54, 1.807) is 0 Å². The van der Waals surface area contributed by atoms with Crippen molar-refractivity contribution in [2.75, 3.05) is 44.4 Å². The van der Waals surface area contributed by atoms with Gasteiger partial charge in [-0.15, -0.1) is 0 Å². The summed E-state index contributed by atoms with van der Waals surface area (Å²) < 4.78 is 0. The predicted octanol–water partition coefficient (Wildman–Crippen LogP) is 3.14. The lowest BCUT2D eigenvalue weighted by Gasteiger charge is -2.37. The van der Waals surface area contributed by atoms with E-state index in [9.17, 15) is 0 Å². The largest absolute Gasteiger partial charge is 0.357 e. The van der Waals surface area contributed by atoms with Gasteiger partial charge in [-0.2, -0.15) is 0 Å². The summed E-state index contributed by atoms with van der Waals surface area (Å²) in [5.74, 6) is 0. The molecule has 2 saturated heterocycles. The van der Waals surface area contributed by atoms with Crippen LogP contribution in [0.1, 0.15) is 32.8 Å². The maximum Gasteiger partial charge on any atom is 0.116 e. The molecule has 0 aliphatic carbocycles. The van der Waals surface area contributed by atoms with Gasteiger partial charge in [0.1, 0.15) is 5.00 Å². The summed E-state index contributed by atoms with van der Waals surface area (Å²) in [5.41, 5.74) is 5.45. The van der Waals surface area contributed by atoms with Gasteiger partial charge in [-0.3, -0.25) is 10.2 Å². The maximum atomic E-state index is 7.15. The molecule has 2 heterocycles. The fourth-order valence-electron chi connectivity index (χ4n) is 3.84. The van der Waals surface area contributed by atoms with Crippen LogP contribution in [0.2, 0.25) is 0 Å². The van der Waals surface area contributed by atoms with Gasteiger partial charge < -0.3 is 10.2 Å². The van der Waals surface area contributed by atoms with Gasteiger partial charge in [-0.05, 0) is 43.9 Å². The third-order valence-electron chi connectivity index (χ3n) is 5.61. The van der Waals surface area contributed by atoms with Crippen LogP contribution in [-0.2, 0) is 6.42 Å². The van der Waals surface area contributed by atoms with Crippen molar-refractivity contribution in [3.05, 3.63) is 41.0 Å². The highest BCUT2D eigenvalue weighted by molar-refractivity contribution is 6.25. The molecule has 4 nitrogen and oxygen atoms in total. The Morgan fingerprint density at radius 2 is 1.88 bits per heavy atom. The van der Waals surface area contributed by atoms with Crippen LogP contribution < -0.4 is 15.5 Å². The number of nitrogens with one attached hydrogen (secondary N) is 2. The van der Waals surface area contributed by atoms with Crippen molar-refractivity contribution in [2.24, 2.45) is 0 Å². The van der Waals surface area contributed by atoms with E-state index in [1.807, 2.05) is 0 Å². The van der Waals surface area contributed by atoms with Crippen molar-refractivity contribution >= 4 is 17.3 Å². The molecule has 138 valence electrons. The van der Waals surface area contributed by atoms with Gasteiger partial charge >= 0.3 is 0 Å². The normalized spacial score (nSPS) is 22.2. The summed E-state index contributed by atoms with van der Waals surface area (Å²) in [6.07, 6.45) is 1.94. The highest BCUT2D eigenvalue weighted by Crippen LogP contribution is 2.37. The van der Waals surface area contributed by atoms with Crippen LogP contribution in [0.25, 0.3) is 0 Å². The molecule has 0 radical (unpaired) electrons. The van der Waals surface area contributed by atoms with E-state index in [0.717, 1.165) is 52.4 Å². The zero-order valence-electron chi connectivity index (χ0n) is 15.7. The van der Waals surface area contributed by atoms with Crippen molar-refractivity contribution in [1.29, 1.82) is 0 Å². The van der Waals surface area contributed by atoms with Crippen LogP contribution in [0.3, 0.4) is 0 Å². The van der Waals surface area contributed by atoms with E-state index in [2.05, 4.69) is 65.5 Å². The molecule has 2 aliphatic rings. The quantitative estimate of drug-likeness (QED) is 0.462. The molecule has 2 aliphatic heterocycles. The second-order valence-electron chi connectivity index (χ2n) is 7.21. The summed E-state index contributed by atoms with van der Waals surface area (Å²) in [4.78, 5) is 4.33. The van der Waals surface area contributed by atoms with E-state index in [-0.39, 0.29) is 0 Å². The molecule has 0 aromatic heterocycles. The molecule has 1 atom stereocenters. The molecule has 1 unspecified atom stereocenters. The van der Waals surface area contributed by atoms with Crippen LogP contribution >= 0.6 is 11.6 Å². The molecule has 0 spiro atoms. The van der Waals surface area contributed by atoms with Gasteiger partial charge in [0.2, 0.25) is 0 Å². The van der Waals surface area contributed by atoms with E-state index in [0.29, 0.717) is 0 Å². The Labute approximate surface area is 157 Å². The molecule has 0 saturated carbocycles. The number of anilines is 1. The lowest BCUT2D eigenvalue weighted by molar-refractivity contribution is 0.245. The molecule has 2 N–H and O–H groups in total. The number of benzene rings is 1. The molecule has 0 bridgehead atoms. The standard InChI is InChI=1S/C20H31ClN4/c1-4-16(2)18(20(3,21)25-12-10-23-15-25)13-17-7-5-6-8-19(17)24-11-9-22-14-24/h5-8,22-23H,4,9-15H2,1-3H3. The Morgan fingerprint density at radius 3 is 2.52 bits per heavy atom. The summed E-state index contributed by atoms with van der Waals surface area (Å²) in [5, 5.41) is 6.84. The molecular formula is C20H31ClN4. The number of allylic oxidation sites excluding steroid dienone is 1. The number of alkyl halides is 1. The third kappa shape index (κ3) is 4.03. The Kier molecular flexibility index (Phi) is 6.05. The lowest BCUT2D eigenvalue weighted by Crippen LogP contribution is -2.43. The molecule has 5 heteroatoms. The van der Waals surface area contributed by atoms with Crippen LogP contribution in [0.15, 0.2) is 35.4 Å². The summed E-state index contributed by atoms with van der Waals surface area (Å²) >= 11 is 7.15. The second-order valence-corrected chi connectivity index (χ2v) is 7.95. The first-order valence-corrected chi connectivity index (χ1v) is 9.79. The Bertz CT molecular complexity index is 614. The van der Waals surface area contributed by atoms with Crippen molar-refractivity contribution < 1.29 is 0 Å². The molecule has 0 amide bonds. The van der Waals surface area contributed by atoms with E-state index < -0.39 is 5.00 Å². The fraction of sp³-hybridized carbons (Fsp3) is 0.600. The Hall–Kier alpha value is -1.07. The SMILES string of the molecule is CCC(C)=C(Cc1ccccc1N1CCNC1)C(C)(Cl)N1CCNC1. The summed E-state index contributed by atoms with van der Waals surface area (Å²) in [6, 6.07) is 8.78. The zero-order valence-corrected chi connectivity index (χ0v) is 16.5. The third-order valence-corrected chi connectivity index (χ3v) is 6.08. The lowest BCUT2D eigenvalue weighted by atomic mass is 9.91. The van der Waals surface area contributed by atoms with Crippen molar-refractivity contribution in [2.45, 2.75) is 38.6 Å². The number of halogens is 1. The van der Waals surface area contributed by atoms with Crippen molar-refractivity contribution in [3.8, 4) is 0 Å². The monoisotopic (exact) mass is 362 g/mol. The summed E-state index contributed by atoms with van der Waals surface area (Å²) in [7, 11) is 0. The highest BCUT2D eigenvalue weighted by Gasteiger charge is 2.36. The van der Waals surface area contributed by atoms with E-state index in [1.165, 1.54) is 22.4 Å². The van der Waals surface area contributed by atoms with E-state index >= 15 is 0 Å². The first-order chi connectivity index (χ1) is 12.0. The molecule has 1 aromatic carbocycles. The maximum absolute atomic E-state index is 7.15. The van der Waals surface area contributed by atoms with Gasteiger partial charge in [0.25, 0.3) is 0 Å². The van der Waals surface area contributed by atoms with Gasteiger partial charge in [-0.1, -0.05) is 42.3 Å². The summed E-state index contributed by atoms with van der Waals surface area (Å²) in [6.45, 7) is 12.5. The second kappa shape index (κ2) is 8.09. The highest BCUT2D eigenvalue weighted by atomic mass is 35.5. The van der Waals surface area contributed by atoms with Crippen molar-refractivity contribution in [1.82, 2.24) is 15.5 Å². The van der Waals surface area contributed by atoms with Crippen molar-refractivity contribution in [3.63, 3.8) is 0 Å². The average Bonchev–Trinajstić information content (AvgIpc) is 3.32. The van der Waals surface area contributed by atoms with Crippen LogP contribution in [0.5, 0.6) is 0 Å². The molecule has 2 fully saturated rings. The van der Waals surface area contributed by atoms with Gasteiger partial charge in [0.15, 0.2) is 0 Å². The minimum absolute atomic E-state index is 0.444. The first kappa shape index (κ1) is 18.7. The Morgan fingerprint density at radius 1 is 1.16 bits per heavy atom. The van der Waals surface area contributed by atoms with E-state index in [4.69, 9.17) is 11.6 Å². The number of hydrogen-bond donors (Lipinski definition) is 2. The first-order valence-electron chi connectivity index (χ1n) is 9.41. The van der Waals surface area contributed by atoms with Gasteiger partial charge in [0.05, 0.1) is 13.3 Å². The number of para-hydroxylation sites is 1. The molecule has 1 aromatic rings. The van der Waals surface area contributed by atoms with Crippen LogP contribution in [0.4, 0.5) is 5.69 Å². The topological polar surface area (TPSA) is 30.5 Å². The van der Waals surface area contributed by atoms with Gasteiger partial charge in [0, 0.05) is 31.9 Å². The minimum atomic E-state index is -0.444. The number of nitrogens with zero attached hydrogens (tertiary/aromatic N) is 2. The van der Waals surface area contributed by atoms with Gasteiger partial charge in [-0.25, -0.2) is 0 Å². The molecular weight excluding hydrogens is 332 g/mol. The smallest absolute Gasteiger partial charge is 0.116 e. The number of hydrogen-bond acceptors (Lipinski definition) is 4.